The Morgan fingerprint density at radius 3 is 2.79 bits per heavy atom. The van der Waals surface area contributed by atoms with Crippen molar-refractivity contribution in [3.63, 3.8) is 0 Å². The second kappa shape index (κ2) is 7.90. The van der Waals surface area contributed by atoms with Gasteiger partial charge in [-0.15, -0.1) is 0 Å². The number of amides is 2. The molecule has 3 aromatic rings. The van der Waals surface area contributed by atoms with Crippen molar-refractivity contribution in [2.45, 2.75) is 46.2 Å². The molecule has 8 heteroatoms. The fourth-order valence-electron chi connectivity index (χ4n) is 3.58. The maximum absolute atomic E-state index is 12.8. The van der Waals surface area contributed by atoms with E-state index in [1.807, 2.05) is 35.8 Å². The second-order valence-corrected chi connectivity index (χ2v) is 7.29. The Hall–Kier alpha value is -3.42. The highest BCUT2D eigenvalue weighted by molar-refractivity contribution is 6.03. The number of hydrogen-bond donors (Lipinski definition) is 2. The number of rotatable bonds is 5. The molecule has 29 heavy (non-hydrogen) atoms. The van der Waals surface area contributed by atoms with Crippen LogP contribution in [-0.2, 0) is 19.5 Å². The summed E-state index contributed by atoms with van der Waals surface area (Å²) in [6, 6.07) is 9.60. The Morgan fingerprint density at radius 1 is 1.17 bits per heavy atom. The Morgan fingerprint density at radius 2 is 2.03 bits per heavy atom. The van der Waals surface area contributed by atoms with Crippen molar-refractivity contribution in [3.05, 3.63) is 64.4 Å². The summed E-state index contributed by atoms with van der Waals surface area (Å²) in [4.78, 5) is 30.0. The van der Waals surface area contributed by atoms with Crippen molar-refractivity contribution in [2.75, 3.05) is 5.32 Å². The first-order valence-corrected chi connectivity index (χ1v) is 9.69. The molecule has 2 aromatic heterocycles. The highest BCUT2D eigenvalue weighted by Crippen LogP contribution is 2.22. The van der Waals surface area contributed by atoms with Crippen LogP contribution in [0.2, 0.25) is 0 Å². The standard InChI is InChI=1S/C21H23N5O3/c1-13-6-5-7-15(10-13)12-22-20(27)18-16-8-3-4-9-26(16)19(24-18)21(28)23-17-11-14(2)29-25-17/h5-7,10-11H,3-4,8-9,12H2,1-2H3,(H,22,27)(H,23,25,28). The average molecular weight is 393 g/mol. The van der Waals surface area contributed by atoms with Crippen LogP contribution in [-0.4, -0.2) is 26.5 Å². The van der Waals surface area contributed by atoms with Gasteiger partial charge < -0.3 is 19.7 Å². The van der Waals surface area contributed by atoms with E-state index in [-0.39, 0.29) is 11.7 Å². The molecule has 0 saturated heterocycles. The lowest BCUT2D eigenvalue weighted by Gasteiger charge is -2.16. The third kappa shape index (κ3) is 4.06. The number of hydrogen-bond acceptors (Lipinski definition) is 5. The SMILES string of the molecule is Cc1cccc(CNC(=O)c2nc(C(=O)Nc3cc(C)on3)n3c2CCCC3)c1. The largest absolute Gasteiger partial charge is 0.360 e. The van der Waals surface area contributed by atoms with Crippen LogP contribution in [0.25, 0.3) is 0 Å². The molecule has 3 heterocycles. The number of anilines is 1. The number of benzene rings is 1. The number of aryl methyl sites for hydroxylation is 2. The number of carbonyl (C=O) groups excluding carboxylic acids is 2. The average Bonchev–Trinajstić information content (AvgIpc) is 3.30. The molecule has 4 rings (SSSR count). The first-order valence-electron chi connectivity index (χ1n) is 9.69. The number of nitrogens with zero attached hydrogens (tertiary/aromatic N) is 3. The zero-order valence-corrected chi connectivity index (χ0v) is 16.5. The molecule has 0 aliphatic carbocycles. The van der Waals surface area contributed by atoms with Gasteiger partial charge in [0, 0.05) is 19.2 Å². The summed E-state index contributed by atoms with van der Waals surface area (Å²) < 4.78 is 6.82. The van der Waals surface area contributed by atoms with Crippen LogP contribution in [0.15, 0.2) is 34.9 Å². The first-order chi connectivity index (χ1) is 14.0. The van der Waals surface area contributed by atoms with E-state index in [1.165, 1.54) is 0 Å². The van der Waals surface area contributed by atoms with Crippen molar-refractivity contribution < 1.29 is 14.1 Å². The Bertz CT molecular complexity index is 1070. The Balaban J connectivity index is 1.55. The summed E-state index contributed by atoms with van der Waals surface area (Å²) in [5.41, 5.74) is 3.28. The van der Waals surface area contributed by atoms with E-state index in [0.717, 1.165) is 36.1 Å². The van der Waals surface area contributed by atoms with E-state index in [2.05, 4.69) is 20.8 Å². The molecule has 0 saturated carbocycles. The van der Waals surface area contributed by atoms with Gasteiger partial charge in [-0.1, -0.05) is 35.0 Å². The quantitative estimate of drug-likeness (QED) is 0.694. The molecule has 0 bridgehead atoms. The van der Waals surface area contributed by atoms with Gasteiger partial charge in [0.05, 0.1) is 5.69 Å². The van der Waals surface area contributed by atoms with E-state index in [0.29, 0.717) is 30.4 Å². The van der Waals surface area contributed by atoms with Gasteiger partial charge in [-0.25, -0.2) is 4.98 Å². The summed E-state index contributed by atoms with van der Waals surface area (Å²) in [6.07, 6.45) is 2.63. The molecule has 150 valence electrons. The fraction of sp³-hybridized carbons (Fsp3) is 0.333. The van der Waals surface area contributed by atoms with Gasteiger partial charge in [0.2, 0.25) is 0 Å². The molecule has 0 atom stereocenters. The number of carbonyl (C=O) groups is 2. The van der Waals surface area contributed by atoms with Crippen LogP contribution in [0.5, 0.6) is 0 Å². The minimum absolute atomic E-state index is 0.223. The van der Waals surface area contributed by atoms with Crippen molar-refractivity contribution in [2.24, 2.45) is 0 Å². The minimum Gasteiger partial charge on any atom is -0.360 e. The van der Waals surface area contributed by atoms with Gasteiger partial charge in [0.15, 0.2) is 11.6 Å². The van der Waals surface area contributed by atoms with Gasteiger partial charge in [-0.05, 0) is 38.7 Å². The number of fused-ring (bicyclic) bond motifs is 1. The normalized spacial score (nSPS) is 13.0. The molecule has 1 aliphatic rings. The molecule has 0 radical (unpaired) electrons. The maximum atomic E-state index is 12.8. The predicted octanol–water partition coefficient (Wildman–Crippen LogP) is 3.01. The van der Waals surface area contributed by atoms with Gasteiger partial charge in [0.1, 0.15) is 11.5 Å². The van der Waals surface area contributed by atoms with Gasteiger partial charge in [-0.3, -0.25) is 9.59 Å². The third-order valence-corrected chi connectivity index (χ3v) is 4.94. The molecular formula is C21H23N5O3. The first kappa shape index (κ1) is 18.9. The lowest BCUT2D eigenvalue weighted by Crippen LogP contribution is -2.25. The molecule has 1 aromatic carbocycles. The molecule has 8 nitrogen and oxygen atoms in total. The smallest absolute Gasteiger partial charge is 0.292 e. The Labute approximate surface area is 168 Å². The molecule has 0 spiro atoms. The van der Waals surface area contributed by atoms with E-state index in [4.69, 9.17) is 4.52 Å². The summed E-state index contributed by atoms with van der Waals surface area (Å²) in [6.45, 7) is 4.83. The molecule has 0 unspecified atom stereocenters. The van der Waals surface area contributed by atoms with Crippen molar-refractivity contribution in [1.29, 1.82) is 0 Å². The summed E-state index contributed by atoms with van der Waals surface area (Å²) in [5.74, 6) is 0.474. The molecule has 1 aliphatic heterocycles. The van der Waals surface area contributed by atoms with E-state index >= 15 is 0 Å². The van der Waals surface area contributed by atoms with E-state index < -0.39 is 5.91 Å². The van der Waals surface area contributed by atoms with Crippen molar-refractivity contribution in [1.82, 2.24) is 20.0 Å². The van der Waals surface area contributed by atoms with E-state index in [1.54, 1.807) is 13.0 Å². The highest BCUT2D eigenvalue weighted by Gasteiger charge is 2.27. The highest BCUT2D eigenvalue weighted by atomic mass is 16.5. The molecule has 2 N–H and O–H groups in total. The second-order valence-electron chi connectivity index (χ2n) is 7.29. The Kier molecular flexibility index (Phi) is 5.16. The van der Waals surface area contributed by atoms with E-state index in [9.17, 15) is 9.59 Å². The monoisotopic (exact) mass is 393 g/mol. The minimum atomic E-state index is -0.404. The summed E-state index contributed by atoms with van der Waals surface area (Å²) in [5, 5.41) is 9.39. The predicted molar refractivity (Wildman–Crippen MR) is 107 cm³/mol. The zero-order valence-electron chi connectivity index (χ0n) is 16.5. The zero-order chi connectivity index (χ0) is 20.4. The van der Waals surface area contributed by atoms with Gasteiger partial charge in [0.25, 0.3) is 11.8 Å². The number of imidazole rings is 1. The lowest BCUT2D eigenvalue weighted by molar-refractivity contribution is 0.0945. The third-order valence-electron chi connectivity index (χ3n) is 4.94. The number of nitrogens with one attached hydrogen (secondary N) is 2. The summed E-state index contributed by atoms with van der Waals surface area (Å²) >= 11 is 0. The molecule has 0 fully saturated rings. The van der Waals surface area contributed by atoms with Crippen LogP contribution >= 0.6 is 0 Å². The lowest BCUT2D eigenvalue weighted by atomic mass is 10.1. The van der Waals surface area contributed by atoms with Crippen molar-refractivity contribution >= 4 is 17.6 Å². The van der Waals surface area contributed by atoms with Gasteiger partial charge in [-0.2, -0.15) is 0 Å². The molecule has 2 amide bonds. The maximum Gasteiger partial charge on any atom is 0.292 e. The van der Waals surface area contributed by atoms with Gasteiger partial charge >= 0.3 is 0 Å². The summed E-state index contributed by atoms with van der Waals surface area (Å²) in [7, 11) is 0. The van der Waals surface area contributed by atoms with Crippen LogP contribution in [0.3, 0.4) is 0 Å². The van der Waals surface area contributed by atoms with Crippen molar-refractivity contribution in [3.8, 4) is 0 Å². The fourth-order valence-corrected chi connectivity index (χ4v) is 3.58. The number of aromatic nitrogens is 3. The van der Waals surface area contributed by atoms with Crippen LogP contribution in [0.1, 0.15) is 56.5 Å². The van der Waals surface area contributed by atoms with Crippen LogP contribution < -0.4 is 10.6 Å². The van der Waals surface area contributed by atoms with Crippen LogP contribution in [0.4, 0.5) is 5.82 Å². The van der Waals surface area contributed by atoms with Crippen LogP contribution in [0, 0.1) is 13.8 Å². The molecular weight excluding hydrogens is 370 g/mol. The topological polar surface area (TPSA) is 102 Å².